The van der Waals surface area contributed by atoms with Crippen molar-refractivity contribution in [2.24, 2.45) is 5.73 Å². The van der Waals surface area contributed by atoms with Gasteiger partial charge < -0.3 is 11.1 Å². The molecule has 2 atom stereocenters. The standard InChI is InChI=1S/C12H23N3O/c1-9-6-7-15(10-4-2-3-5-10)11(8-13)12(16)14-9/h9-11H,2-8,13H2,1H3,(H,14,16). The maximum Gasteiger partial charge on any atom is 0.238 e. The topological polar surface area (TPSA) is 58.4 Å². The average Bonchev–Trinajstić information content (AvgIpc) is 2.72. The van der Waals surface area contributed by atoms with E-state index in [0.29, 0.717) is 12.6 Å². The van der Waals surface area contributed by atoms with Crippen LogP contribution in [0.3, 0.4) is 0 Å². The SMILES string of the molecule is CC1CCN(C2CCCC2)C(CN)C(=O)N1. The van der Waals surface area contributed by atoms with Gasteiger partial charge in [-0.2, -0.15) is 0 Å². The van der Waals surface area contributed by atoms with Crippen molar-refractivity contribution >= 4 is 5.91 Å². The summed E-state index contributed by atoms with van der Waals surface area (Å²) in [5, 5.41) is 3.04. The van der Waals surface area contributed by atoms with Crippen LogP contribution >= 0.6 is 0 Å². The van der Waals surface area contributed by atoms with Gasteiger partial charge in [0.2, 0.25) is 5.91 Å². The second-order valence-electron chi connectivity index (χ2n) is 5.13. The van der Waals surface area contributed by atoms with Gasteiger partial charge in [-0.3, -0.25) is 9.69 Å². The highest BCUT2D eigenvalue weighted by Crippen LogP contribution is 2.26. The summed E-state index contributed by atoms with van der Waals surface area (Å²) in [6, 6.07) is 0.769. The third-order valence-corrected chi connectivity index (χ3v) is 3.93. The molecule has 1 aliphatic heterocycles. The molecule has 0 spiro atoms. The van der Waals surface area contributed by atoms with Crippen LogP contribution in [0.15, 0.2) is 0 Å². The molecule has 2 unspecified atom stereocenters. The van der Waals surface area contributed by atoms with Gasteiger partial charge in [0.1, 0.15) is 6.04 Å². The lowest BCUT2D eigenvalue weighted by molar-refractivity contribution is -0.126. The van der Waals surface area contributed by atoms with E-state index in [9.17, 15) is 4.79 Å². The molecule has 92 valence electrons. The van der Waals surface area contributed by atoms with E-state index in [4.69, 9.17) is 5.73 Å². The fourth-order valence-corrected chi connectivity index (χ4v) is 2.98. The molecule has 0 aromatic rings. The minimum absolute atomic E-state index is 0.104. The number of amides is 1. The van der Waals surface area contributed by atoms with E-state index in [0.717, 1.165) is 13.0 Å². The summed E-state index contributed by atoms with van der Waals surface area (Å²) < 4.78 is 0. The van der Waals surface area contributed by atoms with Gasteiger partial charge in [-0.25, -0.2) is 0 Å². The van der Waals surface area contributed by atoms with Crippen molar-refractivity contribution in [2.75, 3.05) is 13.1 Å². The van der Waals surface area contributed by atoms with E-state index < -0.39 is 0 Å². The smallest absolute Gasteiger partial charge is 0.238 e. The van der Waals surface area contributed by atoms with Crippen molar-refractivity contribution in [3.05, 3.63) is 0 Å². The van der Waals surface area contributed by atoms with Crippen LogP contribution in [0.1, 0.15) is 39.0 Å². The summed E-state index contributed by atoms with van der Waals surface area (Å²) >= 11 is 0. The average molecular weight is 225 g/mol. The van der Waals surface area contributed by atoms with Crippen molar-refractivity contribution in [3.63, 3.8) is 0 Å². The van der Waals surface area contributed by atoms with Gasteiger partial charge >= 0.3 is 0 Å². The molecule has 4 heteroatoms. The lowest BCUT2D eigenvalue weighted by atomic mass is 10.1. The van der Waals surface area contributed by atoms with Crippen LogP contribution < -0.4 is 11.1 Å². The summed E-state index contributed by atoms with van der Waals surface area (Å²) in [7, 11) is 0. The highest BCUT2D eigenvalue weighted by Gasteiger charge is 2.34. The molecule has 1 amide bonds. The molecule has 4 nitrogen and oxygen atoms in total. The van der Waals surface area contributed by atoms with Crippen molar-refractivity contribution < 1.29 is 4.79 Å². The van der Waals surface area contributed by atoms with Crippen LogP contribution in [-0.2, 0) is 4.79 Å². The Balaban J connectivity index is 2.09. The first-order valence-electron chi connectivity index (χ1n) is 6.48. The second kappa shape index (κ2) is 5.15. The zero-order valence-corrected chi connectivity index (χ0v) is 10.1. The molecule has 1 aliphatic carbocycles. The molecule has 1 heterocycles. The van der Waals surface area contributed by atoms with Crippen LogP contribution in [0.5, 0.6) is 0 Å². The highest BCUT2D eigenvalue weighted by molar-refractivity contribution is 5.82. The molecule has 0 radical (unpaired) electrons. The third kappa shape index (κ3) is 2.38. The summed E-state index contributed by atoms with van der Waals surface area (Å²) in [6.45, 7) is 3.52. The van der Waals surface area contributed by atoms with E-state index in [1.807, 2.05) is 0 Å². The quantitative estimate of drug-likeness (QED) is 0.718. The van der Waals surface area contributed by atoms with Gasteiger partial charge in [0, 0.05) is 25.2 Å². The van der Waals surface area contributed by atoms with E-state index in [1.54, 1.807) is 0 Å². The van der Waals surface area contributed by atoms with Crippen molar-refractivity contribution in [2.45, 2.75) is 57.2 Å². The Hall–Kier alpha value is -0.610. The molecule has 3 N–H and O–H groups in total. The van der Waals surface area contributed by atoms with Crippen LogP contribution in [0, 0.1) is 0 Å². The molecule has 1 saturated heterocycles. The van der Waals surface area contributed by atoms with Crippen LogP contribution in [-0.4, -0.2) is 42.0 Å². The fourth-order valence-electron chi connectivity index (χ4n) is 2.98. The van der Waals surface area contributed by atoms with Gasteiger partial charge in [-0.1, -0.05) is 12.8 Å². The Morgan fingerprint density at radius 1 is 1.38 bits per heavy atom. The predicted molar refractivity (Wildman–Crippen MR) is 64.0 cm³/mol. The summed E-state index contributed by atoms with van der Waals surface area (Å²) in [5.74, 6) is 0.124. The van der Waals surface area contributed by atoms with Crippen LogP contribution in [0.25, 0.3) is 0 Å². The summed E-state index contributed by atoms with van der Waals surface area (Å²) in [6.07, 6.45) is 6.11. The monoisotopic (exact) mass is 225 g/mol. The largest absolute Gasteiger partial charge is 0.352 e. The first kappa shape index (κ1) is 11.9. The molecule has 2 fully saturated rings. The molecule has 2 rings (SSSR count). The summed E-state index contributed by atoms with van der Waals surface area (Å²) in [5.41, 5.74) is 5.76. The van der Waals surface area contributed by atoms with Crippen molar-refractivity contribution in [1.29, 1.82) is 0 Å². The molecule has 2 aliphatic rings. The van der Waals surface area contributed by atoms with Gasteiger partial charge in [-0.15, -0.1) is 0 Å². The van der Waals surface area contributed by atoms with Gasteiger partial charge in [0.05, 0.1) is 0 Å². The molecular weight excluding hydrogens is 202 g/mol. The Bertz CT molecular complexity index is 251. The molecule has 1 saturated carbocycles. The fraction of sp³-hybridized carbons (Fsp3) is 0.917. The molecule has 0 bridgehead atoms. The first-order valence-corrected chi connectivity index (χ1v) is 6.48. The number of rotatable bonds is 2. The Morgan fingerprint density at radius 2 is 2.06 bits per heavy atom. The number of carbonyl (C=O) groups is 1. The lowest BCUT2D eigenvalue weighted by Gasteiger charge is -2.32. The van der Waals surface area contributed by atoms with Crippen LogP contribution in [0.4, 0.5) is 0 Å². The summed E-state index contributed by atoms with van der Waals surface area (Å²) in [4.78, 5) is 14.3. The minimum Gasteiger partial charge on any atom is -0.352 e. The van der Waals surface area contributed by atoms with E-state index in [1.165, 1.54) is 25.7 Å². The molecule has 0 aromatic carbocycles. The maximum atomic E-state index is 12.0. The number of carbonyl (C=O) groups excluding carboxylic acids is 1. The maximum absolute atomic E-state index is 12.0. The third-order valence-electron chi connectivity index (χ3n) is 3.93. The normalized spacial score (nSPS) is 33.8. The lowest BCUT2D eigenvalue weighted by Crippen LogP contribution is -2.52. The molecule has 16 heavy (non-hydrogen) atoms. The highest BCUT2D eigenvalue weighted by atomic mass is 16.2. The zero-order valence-electron chi connectivity index (χ0n) is 10.1. The number of hydrogen-bond donors (Lipinski definition) is 2. The van der Waals surface area contributed by atoms with Gasteiger partial charge in [-0.05, 0) is 26.2 Å². The van der Waals surface area contributed by atoms with Crippen molar-refractivity contribution in [3.8, 4) is 0 Å². The van der Waals surface area contributed by atoms with Crippen LogP contribution in [0.2, 0.25) is 0 Å². The van der Waals surface area contributed by atoms with Gasteiger partial charge in [0.15, 0.2) is 0 Å². The molecular formula is C12H23N3O. The zero-order chi connectivity index (χ0) is 11.5. The van der Waals surface area contributed by atoms with Gasteiger partial charge in [0.25, 0.3) is 0 Å². The van der Waals surface area contributed by atoms with E-state index in [2.05, 4.69) is 17.1 Å². The number of nitrogens with two attached hydrogens (primary N) is 1. The number of nitrogens with zero attached hydrogens (tertiary/aromatic N) is 1. The minimum atomic E-state index is -0.104. The Morgan fingerprint density at radius 3 is 2.69 bits per heavy atom. The predicted octanol–water partition coefficient (Wildman–Crippen LogP) is 0.467. The Kier molecular flexibility index (Phi) is 3.82. The first-order chi connectivity index (χ1) is 7.72. The van der Waals surface area contributed by atoms with E-state index in [-0.39, 0.29) is 18.0 Å². The van der Waals surface area contributed by atoms with E-state index >= 15 is 0 Å². The number of nitrogens with one attached hydrogen (secondary N) is 1. The number of hydrogen-bond acceptors (Lipinski definition) is 3. The van der Waals surface area contributed by atoms with Crippen molar-refractivity contribution in [1.82, 2.24) is 10.2 Å². The Labute approximate surface area is 97.6 Å². The molecule has 0 aromatic heterocycles. The second-order valence-corrected chi connectivity index (χ2v) is 5.13.